The standard InChI is InChI=1S/C19H23N3O3S/c23-18(20-13-15-7-4-10-25-15)17-16(14-5-2-1-3-6-14)21-19(26-17)22-8-11-24-12-9-22/h1-3,5-6,15H,4,7-13H2,(H,20,23)/t15-/m0/s1. The molecule has 1 N–H and O–H groups in total. The van der Waals surface area contributed by atoms with E-state index in [-0.39, 0.29) is 12.0 Å². The van der Waals surface area contributed by atoms with Gasteiger partial charge in [0.15, 0.2) is 5.13 Å². The minimum Gasteiger partial charge on any atom is -0.378 e. The van der Waals surface area contributed by atoms with Crippen molar-refractivity contribution in [3.8, 4) is 11.3 Å². The van der Waals surface area contributed by atoms with Gasteiger partial charge in [-0.1, -0.05) is 41.7 Å². The van der Waals surface area contributed by atoms with E-state index >= 15 is 0 Å². The van der Waals surface area contributed by atoms with Crippen molar-refractivity contribution >= 4 is 22.4 Å². The van der Waals surface area contributed by atoms with E-state index in [1.54, 1.807) is 0 Å². The first kappa shape index (κ1) is 17.5. The molecular formula is C19H23N3O3S. The number of thiazole rings is 1. The first-order chi connectivity index (χ1) is 12.8. The van der Waals surface area contributed by atoms with Gasteiger partial charge in [0.25, 0.3) is 5.91 Å². The number of ether oxygens (including phenoxy) is 2. The molecule has 2 saturated heterocycles. The van der Waals surface area contributed by atoms with Crippen LogP contribution in [0.15, 0.2) is 30.3 Å². The molecule has 2 fully saturated rings. The summed E-state index contributed by atoms with van der Waals surface area (Å²) < 4.78 is 11.0. The zero-order valence-corrected chi connectivity index (χ0v) is 15.5. The third-order valence-corrected chi connectivity index (χ3v) is 5.78. The van der Waals surface area contributed by atoms with Crippen LogP contribution in [0.5, 0.6) is 0 Å². The summed E-state index contributed by atoms with van der Waals surface area (Å²) in [5, 5.41) is 3.91. The number of benzene rings is 1. The molecule has 0 saturated carbocycles. The molecule has 7 heteroatoms. The molecule has 1 aromatic heterocycles. The fraction of sp³-hybridized carbons (Fsp3) is 0.474. The van der Waals surface area contributed by atoms with Gasteiger partial charge >= 0.3 is 0 Å². The number of morpholine rings is 1. The Kier molecular flexibility index (Phi) is 5.48. The molecule has 2 aromatic rings. The average Bonchev–Trinajstić information content (AvgIpc) is 3.37. The Morgan fingerprint density at radius 2 is 2.04 bits per heavy atom. The molecule has 0 unspecified atom stereocenters. The van der Waals surface area contributed by atoms with Crippen molar-refractivity contribution in [2.75, 3.05) is 44.4 Å². The van der Waals surface area contributed by atoms with Crippen LogP contribution in [0.1, 0.15) is 22.5 Å². The lowest BCUT2D eigenvalue weighted by Gasteiger charge is -2.26. The molecule has 0 radical (unpaired) electrons. The maximum Gasteiger partial charge on any atom is 0.263 e. The number of amides is 1. The van der Waals surface area contributed by atoms with Gasteiger partial charge in [0.1, 0.15) is 4.88 Å². The Morgan fingerprint density at radius 3 is 2.77 bits per heavy atom. The molecule has 6 nitrogen and oxygen atoms in total. The van der Waals surface area contributed by atoms with E-state index in [2.05, 4.69) is 10.2 Å². The Labute approximate surface area is 157 Å². The van der Waals surface area contributed by atoms with E-state index in [1.165, 1.54) is 11.3 Å². The first-order valence-corrected chi connectivity index (χ1v) is 9.91. The maximum atomic E-state index is 12.9. The summed E-state index contributed by atoms with van der Waals surface area (Å²) in [6.07, 6.45) is 2.20. The van der Waals surface area contributed by atoms with E-state index in [4.69, 9.17) is 14.5 Å². The highest BCUT2D eigenvalue weighted by Crippen LogP contribution is 2.33. The van der Waals surface area contributed by atoms with Gasteiger partial charge in [-0.3, -0.25) is 4.79 Å². The van der Waals surface area contributed by atoms with Crippen molar-refractivity contribution in [2.45, 2.75) is 18.9 Å². The van der Waals surface area contributed by atoms with E-state index in [0.29, 0.717) is 24.6 Å². The summed E-state index contributed by atoms with van der Waals surface area (Å²) in [7, 11) is 0. The predicted molar refractivity (Wildman–Crippen MR) is 102 cm³/mol. The number of nitrogens with one attached hydrogen (secondary N) is 1. The molecule has 138 valence electrons. The van der Waals surface area contributed by atoms with Crippen LogP contribution in [0.3, 0.4) is 0 Å². The SMILES string of the molecule is O=C(NC[C@@H]1CCCO1)c1sc(N2CCOCC2)nc1-c1ccccc1. The molecule has 0 bridgehead atoms. The molecule has 2 aliphatic rings. The fourth-order valence-electron chi connectivity index (χ4n) is 3.24. The van der Waals surface area contributed by atoms with Crippen LogP contribution in [0.4, 0.5) is 5.13 Å². The lowest BCUT2D eigenvalue weighted by atomic mass is 10.1. The van der Waals surface area contributed by atoms with Gasteiger partial charge < -0.3 is 19.7 Å². The summed E-state index contributed by atoms with van der Waals surface area (Å²) in [6.45, 7) is 4.34. The largest absolute Gasteiger partial charge is 0.378 e. The topological polar surface area (TPSA) is 63.7 Å². The summed E-state index contributed by atoms with van der Waals surface area (Å²) >= 11 is 1.46. The smallest absolute Gasteiger partial charge is 0.263 e. The Morgan fingerprint density at radius 1 is 1.23 bits per heavy atom. The molecule has 2 aliphatic heterocycles. The minimum atomic E-state index is -0.0728. The summed E-state index contributed by atoms with van der Waals surface area (Å²) in [5.41, 5.74) is 1.72. The van der Waals surface area contributed by atoms with Gasteiger partial charge in [-0.25, -0.2) is 4.98 Å². The Hall–Kier alpha value is -1.96. The molecule has 4 rings (SSSR count). The van der Waals surface area contributed by atoms with Crippen molar-refractivity contribution in [1.82, 2.24) is 10.3 Å². The summed E-state index contributed by atoms with van der Waals surface area (Å²) in [6, 6.07) is 9.90. The number of aromatic nitrogens is 1. The molecule has 1 amide bonds. The highest BCUT2D eigenvalue weighted by atomic mass is 32.1. The Bertz CT molecular complexity index is 738. The van der Waals surface area contributed by atoms with Crippen LogP contribution in [-0.4, -0.2) is 56.5 Å². The number of rotatable bonds is 5. The van der Waals surface area contributed by atoms with Gasteiger partial charge in [0.2, 0.25) is 0 Å². The minimum absolute atomic E-state index is 0.0728. The van der Waals surface area contributed by atoms with E-state index in [0.717, 1.165) is 48.9 Å². The number of carbonyl (C=O) groups is 1. The van der Waals surface area contributed by atoms with Crippen LogP contribution in [-0.2, 0) is 9.47 Å². The quantitative estimate of drug-likeness (QED) is 0.873. The van der Waals surface area contributed by atoms with Crippen molar-refractivity contribution in [2.24, 2.45) is 0 Å². The predicted octanol–water partition coefficient (Wildman–Crippen LogP) is 2.56. The van der Waals surface area contributed by atoms with Crippen molar-refractivity contribution < 1.29 is 14.3 Å². The van der Waals surface area contributed by atoms with E-state index < -0.39 is 0 Å². The summed E-state index contributed by atoms with van der Waals surface area (Å²) in [5.74, 6) is -0.0728. The second-order valence-corrected chi connectivity index (χ2v) is 7.46. The zero-order chi connectivity index (χ0) is 17.8. The monoisotopic (exact) mass is 373 g/mol. The molecule has 3 heterocycles. The first-order valence-electron chi connectivity index (χ1n) is 9.10. The zero-order valence-electron chi connectivity index (χ0n) is 14.6. The van der Waals surface area contributed by atoms with Crippen LogP contribution < -0.4 is 10.2 Å². The van der Waals surface area contributed by atoms with Crippen molar-refractivity contribution in [1.29, 1.82) is 0 Å². The highest BCUT2D eigenvalue weighted by Gasteiger charge is 2.24. The maximum absolute atomic E-state index is 12.9. The van der Waals surface area contributed by atoms with E-state index in [9.17, 15) is 4.79 Å². The lowest BCUT2D eigenvalue weighted by molar-refractivity contribution is 0.0861. The fourth-order valence-corrected chi connectivity index (χ4v) is 4.29. The second kappa shape index (κ2) is 8.16. The number of nitrogens with zero attached hydrogens (tertiary/aromatic N) is 2. The molecule has 1 atom stereocenters. The third-order valence-electron chi connectivity index (χ3n) is 4.67. The van der Waals surface area contributed by atoms with Gasteiger partial charge in [-0.15, -0.1) is 0 Å². The number of carbonyl (C=O) groups excluding carboxylic acids is 1. The highest BCUT2D eigenvalue weighted by molar-refractivity contribution is 7.18. The van der Waals surface area contributed by atoms with Crippen LogP contribution in [0.2, 0.25) is 0 Å². The lowest BCUT2D eigenvalue weighted by Crippen LogP contribution is -2.36. The van der Waals surface area contributed by atoms with E-state index in [1.807, 2.05) is 30.3 Å². The Balaban J connectivity index is 1.58. The molecule has 0 spiro atoms. The number of anilines is 1. The average molecular weight is 373 g/mol. The molecule has 26 heavy (non-hydrogen) atoms. The summed E-state index contributed by atoms with van der Waals surface area (Å²) in [4.78, 5) is 20.5. The number of hydrogen-bond acceptors (Lipinski definition) is 6. The van der Waals surface area contributed by atoms with Crippen LogP contribution in [0.25, 0.3) is 11.3 Å². The van der Waals surface area contributed by atoms with Gasteiger partial charge in [0, 0.05) is 31.8 Å². The van der Waals surface area contributed by atoms with Crippen molar-refractivity contribution in [3.05, 3.63) is 35.2 Å². The van der Waals surface area contributed by atoms with Crippen LogP contribution >= 0.6 is 11.3 Å². The van der Waals surface area contributed by atoms with Crippen molar-refractivity contribution in [3.63, 3.8) is 0 Å². The van der Waals surface area contributed by atoms with Gasteiger partial charge in [-0.2, -0.15) is 0 Å². The van der Waals surface area contributed by atoms with Crippen LogP contribution in [0, 0.1) is 0 Å². The second-order valence-electron chi connectivity index (χ2n) is 6.48. The molecule has 1 aromatic carbocycles. The van der Waals surface area contributed by atoms with Gasteiger partial charge in [-0.05, 0) is 12.8 Å². The van der Waals surface area contributed by atoms with Gasteiger partial charge in [0.05, 0.1) is 25.0 Å². The third kappa shape index (κ3) is 3.90. The molecular weight excluding hydrogens is 350 g/mol. The normalized spacial score (nSPS) is 20.3. The number of hydrogen-bond donors (Lipinski definition) is 1. The molecule has 0 aliphatic carbocycles.